The molecule has 128 valence electrons. The number of fused-ring (bicyclic) bond motifs is 1. The minimum Gasteiger partial charge on any atom is -0.374 e. The molecule has 0 spiro atoms. The van der Waals surface area contributed by atoms with Crippen molar-refractivity contribution in [1.82, 2.24) is 19.6 Å². The van der Waals surface area contributed by atoms with Crippen molar-refractivity contribution in [3.8, 4) is 0 Å². The van der Waals surface area contributed by atoms with Crippen LogP contribution in [0.1, 0.15) is 19.3 Å². The van der Waals surface area contributed by atoms with Gasteiger partial charge in [-0.1, -0.05) is 0 Å². The Morgan fingerprint density at radius 3 is 3.09 bits per heavy atom. The molecule has 0 aliphatic carbocycles. The van der Waals surface area contributed by atoms with Crippen LogP contribution in [-0.4, -0.2) is 77.7 Å². The molecular weight excluding hydrogens is 296 g/mol. The molecule has 0 bridgehead atoms. The van der Waals surface area contributed by atoms with E-state index in [-0.39, 0.29) is 24.3 Å². The van der Waals surface area contributed by atoms with Gasteiger partial charge in [-0.05, 0) is 25.3 Å². The van der Waals surface area contributed by atoms with Gasteiger partial charge in [-0.25, -0.2) is 4.79 Å². The number of ether oxygens (including phenoxy) is 2. The summed E-state index contributed by atoms with van der Waals surface area (Å²) in [5.74, 6) is 0. The number of hydrogen-bond donors (Lipinski definition) is 0. The summed E-state index contributed by atoms with van der Waals surface area (Å²) in [5.41, 5.74) is 0. The maximum absolute atomic E-state index is 12.4. The van der Waals surface area contributed by atoms with Crippen LogP contribution in [0.3, 0.4) is 0 Å². The standard InChI is InChI=1S/C16H26N4O3/c1-18(2)16(21)20-12-14(15-13(20)6-3-10-23-15)22-11-5-9-19-8-4-7-17-19/h4,7-8,13-15H,3,5-6,9-12H2,1-2H3/t13-,14+,15+/m0/s1. The number of amides is 2. The van der Waals surface area contributed by atoms with Crippen LogP contribution in [0.15, 0.2) is 18.5 Å². The fourth-order valence-corrected chi connectivity index (χ4v) is 3.43. The molecule has 2 aliphatic heterocycles. The summed E-state index contributed by atoms with van der Waals surface area (Å²) in [5, 5.41) is 4.18. The van der Waals surface area contributed by atoms with Crippen molar-refractivity contribution in [2.45, 2.75) is 44.1 Å². The van der Waals surface area contributed by atoms with Crippen molar-refractivity contribution >= 4 is 6.03 Å². The van der Waals surface area contributed by atoms with Crippen LogP contribution >= 0.6 is 0 Å². The fraction of sp³-hybridized carbons (Fsp3) is 0.750. The van der Waals surface area contributed by atoms with Gasteiger partial charge in [0.2, 0.25) is 0 Å². The van der Waals surface area contributed by atoms with Crippen molar-refractivity contribution in [1.29, 1.82) is 0 Å². The smallest absolute Gasteiger partial charge is 0.319 e. The van der Waals surface area contributed by atoms with E-state index in [4.69, 9.17) is 9.47 Å². The highest BCUT2D eigenvalue weighted by atomic mass is 16.5. The summed E-state index contributed by atoms with van der Waals surface area (Å²) >= 11 is 0. The van der Waals surface area contributed by atoms with Crippen LogP contribution < -0.4 is 0 Å². The molecule has 1 aromatic heterocycles. The molecule has 3 atom stereocenters. The molecule has 2 saturated heterocycles. The largest absolute Gasteiger partial charge is 0.374 e. The maximum Gasteiger partial charge on any atom is 0.319 e. The Kier molecular flexibility index (Phi) is 5.17. The summed E-state index contributed by atoms with van der Waals surface area (Å²) in [4.78, 5) is 15.9. The lowest BCUT2D eigenvalue weighted by Crippen LogP contribution is -2.47. The zero-order valence-corrected chi connectivity index (χ0v) is 13.9. The van der Waals surface area contributed by atoms with Crippen molar-refractivity contribution in [2.75, 3.05) is 33.9 Å². The molecule has 7 nitrogen and oxygen atoms in total. The van der Waals surface area contributed by atoms with E-state index in [1.54, 1.807) is 25.2 Å². The first-order chi connectivity index (χ1) is 11.2. The number of aryl methyl sites for hydroxylation is 1. The number of likely N-dealkylation sites (tertiary alicyclic amines) is 1. The summed E-state index contributed by atoms with van der Waals surface area (Å²) in [6.07, 6.45) is 6.62. The Morgan fingerprint density at radius 2 is 2.35 bits per heavy atom. The Morgan fingerprint density at radius 1 is 1.48 bits per heavy atom. The number of rotatable bonds is 5. The first kappa shape index (κ1) is 16.3. The topological polar surface area (TPSA) is 59.8 Å². The lowest BCUT2D eigenvalue weighted by atomic mass is 10.0. The first-order valence-electron chi connectivity index (χ1n) is 8.35. The minimum atomic E-state index is -0.0261. The average molecular weight is 322 g/mol. The van der Waals surface area contributed by atoms with Gasteiger partial charge in [-0.15, -0.1) is 0 Å². The van der Waals surface area contributed by atoms with Crippen LogP contribution in [0.2, 0.25) is 0 Å². The van der Waals surface area contributed by atoms with Crippen LogP contribution in [0.5, 0.6) is 0 Å². The van der Waals surface area contributed by atoms with E-state index in [2.05, 4.69) is 5.10 Å². The Hall–Kier alpha value is -1.60. The number of nitrogens with zero attached hydrogens (tertiary/aromatic N) is 4. The number of hydrogen-bond acceptors (Lipinski definition) is 4. The zero-order valence-electron chi connectivity index (χ0n) is 13.9. The molecule has 23 heavy (non-hydrogen) atoms. The Bertz CT molecular complexity index is 505. The molecule has 1 aromatic rings. The highest BCUT2D eigenvalue weighted by Crippen LogP contribution is 2.31. The monoisotopic (exact) mass is 322 g/mol. The predicted molar refractivity (Wildman–Crippen MR) is 85.1 cm³/mol. The number of carbonyl (C=O) groups excluding carboxylic acids is 1. The van der Waals surface area contributed by atoms with E-state index in [1.165, 1.54) is 0 Å². The van der Waals surface area contributed by atoms with E-state index in [0.29, 0.717) is 13.2 Å². The van der Waals surface area contributed by atoms with Crippen LogP contribution in [-0.2, 0) is 16.0 Å². The predicted octanol–water partition coefficient (Wildman–Crippen LogP) is 1.20. The van der Waals surface area contributed by atoms with Crippen molar-refractivity contribution < 1.29 is 14.3 Å². The van der Waals surface area contributed by atoms with E-state index in [9.17, 15) is 4.79 Å². The number of aromatic nitrogens is 2. The third kappa shape index (κ3) is 3.67. The highest BCUT2D eigenvalue weighted by molar-refractivity contribution is 5.74. The van der Waals surface area contributed by atoms with Crippen LogP contribution in [0, 0.1) is 0 Å². The zero-order chi connectivity index (χ0) is 16.2. The summed E-state index contributed by atoms with van der Waals surface area (Å²) < 4.78 is 13.9. The SMILES string of the molecule is CN(C)C(=O)N1C[C@@H](OCCCn2cccn2)[C@@H]2OCCC[C@@H]21. The molecule has 0 saturated carbocycles. The molecular formula is C16H26N4O3. The minimum absolute atomic E-state index is 0.0114. The number of carbonyl (C=O) groups is 1. The molecule has 7 heteroatoms. The van der Waals surface area contributed by atoms with Gasteiger partial charge in [0.25, 0.3) is 0 Å². The van der Waals surface area contributed by atoms with Crippen molar-refractivity contribution in [3.05, 3.63) is 18.5 Å². The average Bonchev–Trinajstić information content (AvgIpc) is 3.19. The molecule has 0 aromatic carbocycles. The van der Waals surface area contributed by atoms with Gasteiger partial charge in [-0.3, -0.25) is 4.68 Å². The second kappa shape index (κ2) is 7.31. The molecule has 0 radical (unpaired) electrons. The van der Waals surface area contributed by atoms with E-state index < -0.39 is 0 Å². The van der Waals surface area contributed by atoms with Crippen molar-refractivity contribution in [3.63, 3.8) is 0 Å². The normalized spacial score (nSPS) is 27.0. The van der Waals surface area contributed by atoms with E-state index in [1.807, 2.05) is 21.8 Å². The van der Waals surface area contributed by atoms with Gasteiger partial charge in [0, 0.05) is 46.2 Å². The molecule has 3 rings (SSSR count). The van der Waals surface area contributed by atoms with Gasteiger partial charge in [-0.2, -0.15) is 5.10 Å². The van der Waals surface area contributed by atoms with Gasteiger partial charge in [0.05, 0.1) is 12.6 Å². The highest BCUT2D eigenvalue weighted by Gasteiger charge is 2.46. The van der Waals surface area contributed by atoms with Gasteiger partial charge < -0.3 is 19.3 Å². The quantitative estimate of drug-likeness (QED) is 0.765. The Labute approximate surface area is 137 Å². The molecule has 2 amide bonds. The Balaban J connectivity index is 1.53. The van der Waals surface area contributed by atoms with Crippen LogP contribution in [0.4, 0.5) is 4.79 Å². The van der Waals surface area contributed by atoms with E-state index in [0.717, 1.165) is 32.4 Å². The van der Waals surface area contributed by atoms with E-state index >= 15 is 0 Å². The lowest BCUT2D eigenvalue weighted by molar-refractivity contribution is -0.0769. The second-order valence-corrected chi connectivity index (χ2v) is 6.41. The van der Waals surface area contributed by atoms with Gasteiger partial charge in [0.1, 0.15) is 12.2 Å². The van der Waals surface area contributed by atoms with Gasteiger partial charge in [0.15, 0.2) is 0 Å². The summed E-state index contributed by atoms with van der Waals surface area (Å²) in [6, 6.07) is 2.12. The first-order valence-corrected chi connectivity index (χ1v) is 8.35. The fourth-order valence-electron chi connectivity index (χ4n) is 3.43. The molecule has 2 fully saturated rings. The van der Waals surface area contributed by atoms with Crippen molar-refractivity contribution in [2.24, 2.45) is 0 Å². The van der Waals surface area contributed by atoms with Crippen LogP contribution in [0.25, 0.3) is 0 Å². The lowest BCUT2D eigenvalue weighted by Gasteiger charge is -2.33. The summed E-state index contributed by atoms with van der Waals surface area (Å²) in [6.45, 7) is 2.88. The number of urea groups is 1. The third-order valence-electron chi connectivity index (χ3n) is 4.53. The molecule has 2 aliphatic rings. The maximum atomic E-state index is 12.4. The summed E-state index contributed by atoms with van der Waals surface area (Å²) in [7, 11) is 3.58. The third-order valence-corrected chi connectivity index (χ3v) is 4.53. The molecule has 0 unspecified atom stereocenters. The van der Waals surface area contributed by atoms with Gasteiger partial charge >= 0.3 is 6.03 Å². The molecule has 3 heterocycles. The molecule has 0 N–H and O–H groups in total. The second-order valence-electron chi connectivity index (χ2n) is 6.41.